The maximum absolute atomic E-state index is 3.94. The highest BCUT2D eigenvalue weighted by molar-refractivity contribution is 5.39. The van der Waals surface area contributed by atoms with Crippen LogP contribution < -0.4 is 5.32 Å². The molecule has 2 nitrogen and oxygen atoms in total. The lowest BCUT2D eigenvalue weighted by Crippen LogP contribution is -1.95. The fourth-order valence-corrected chi connectivity index (χ4v) is 0.671. The van der Waals surface area contributed by atoms with Crippen molar-refractivity contribution in [2.75, 3.05) is 11.9 Å². The number of hydrogen-bond donors (Lipinski definition) is 1. The number of nitrogens with one attached hydrogen (secondary N) is 1. The van der Waals surface area contributed by atoms with E-state index < -0.39 is 0 Å². The summed E-state index contributed by atoms with van der Waals surface area (Å²) in [4.78, 5) is 3.94. The first-order valence-corrected chi connectivity index (χ1v) is 3.07. The molecule has 0 saturated carbocycles. The van der Waals surface area contributed by atoms with E-state index in [2.05, 4.69) is 17.2 Å². The molecular formula is C7H12N2. The lowest BCUT2D eigenvalue weighted by atomic mass is 10.4. The molecule has 0 atom stereocenters. The molecule has 9 heavy (non-hydrogen) atoms. The molecule has 1 aromatic heterocycles. The normalized spacial score (nSPS) is 9.00. The van der Waals surface area contributed by atoms with Gasteiger partial charge in [0.15, 0.2) is 0 Å². The summed E-state index contributed by atoms with van der Waals surface area (Å²) in [5.74, 6) is 0. The van der Waals surface area contributed by atoms with Gasteiger partial charge in [-0.25, -0.2) is 0 Å². The minimum Gasteiger partial charge on any atom is -0.384 e. The summed E-state index contributed by atoms with van der Waals surface area (Å²) >= 11 is 0. The van der Waals surface area contributed by atoms with Crippen LogP contribution >= 0.6 is 0 Å². The summed E-state index contributed by atoms with van der Waals surface area (Å²) in [5, 5.41) is 3.14. The molecule has 0 radical (unpaired) electrons. The van der Waals surface area contributed by atoms with Gasteiger partial charge in [-0.3, -0.25) is 4.98 Å². The van der Waals surface area contributed by atoms with Gasteiger partial charge in [0.25, 0.3) is 0 Å². The number of anilines is 1. The summed E-state index contributed by atoms with van der Waals surface area (Å²) in [6.07, 6.45) is 3.57. The van der Waals surface area contributed by atoms with Crippen LogP contribution in [0.5, 0.6) is 0 Å². The van der Waals surface area contributed by atoms with Crippen molar-refractivity contribution >= 4 is 5.69 Å². The van der Waals surface area contributed by atoms with Gasteiger partial charge < -0.3 is 5.32 Å². The molecule has 1 N–H and O–H groups in total. The van der Waals surface area contributed by atoms with E-state index in [1.54, 1.807) is 6.20 Å². The summed E-state index contributed by atoms with van der Waals surface area (Å²) in [6, 6.07) is 3.91. The number of pyridine rings is 1. The highest BCUT2D eigenvalue weighted by Gasteiger charge is 1.82. The van der Waals surface area contributed by atoms with E-state index in [0.29, 0.717) is 0 Å². The van der Waals surface area contributed by atoms with E-state index in [4.69, 9.17) is 0 Å². The zero-order chi connectivity index (χ0) is 6.53. The first-order valence-electron chi connectivity index (χ1n) is 3.07. The molecule has 0 bridgehead atoms. The largest absolute Gasteiger partial charge is 0.384 e. The third-order valence-electron chi connectivity index (χ3n) is 1.04. The molecule has 0 aliphatic carbocycles. The Hall–Kier alpha value is -1.05. The van der Waals surface area contributed by atoms with Gasteiger partial charge in [0.1, 0.15) is 0 Å². The summed E-state index contributed by atoms with van der Waals surface area (Å²) < 4.78 is 0. The van der Waals surface area contributed by atoms with Crippen LogP contribution in [0.1, 0.15) is 8.35 Å². The molecule has 1 rings (SSSR count). The van der Waals surface area contributed by atoms with Crippen molar-refractivity contribution < 1.29 is 1.43 Å². The fourth-order valence-electron chi connectivity index (χ4n) is 0.671. The topological polar surface area (TPSA) is 24.9 Å². The number of rotatable bonds is 2. The summed E-state index contributed by atoms with van der Waals surface area (Å²) in [5.41, 5.74) is 1.08. The van der Waals surface area contributed by atoms with Crippen LogP contribution in [-0.2, 0) is 0 Å². The maximum Gasteiger partial charge on any atom is 0.0526 e. The van der Waals surface area contributed by atoms with E-state index in [-0.39, 0.29) is 1.43 Å². The first kappa shape index (κ1) is 6.08. The highest BCUT2D eigenvalue weighted by Crippen LogP contribution is 2.00. The lowest BCUT2D eigenvalue weighted by Gasteiger charge is -1.98. The Morgan fingerprint density at radius 1 is 1.78 bits per heavy atom. The van der Waals surface area contributed by atoms with Crippen LogP contribution in [0.3, 0.4) is 0 Å². The van der Waals surface area contributed by atoms with Gasteiger partial charge in [-0.2, -0.15) is 0 Å². The van der Waals surface area contributed by atoms with Crippen molar-refractivity contribution in [2.45, 2.75) is 6.92 Å². The molecule has 1 heterocycles. The third-order valence-corrected chi connectivity index (χ3v) is 1.04. The smallest absolute Gasteiger partial charge is 0.0526 e. The standard InChI is InChI=1S/C7H10N2.H2/c1-2-9-7-4-3-5-8-6-7;/h3-6,9H,2H2,1H3;1H. The molecule has 50 valence electrons. The minimum absolute atomic E-state index is 0. The van der Waals surface area contributed by atoms with Crippen molar-refractivity contribution in [3.8, 4) is 0 Å². The van der Waals surface area contributed by atoms with E-state index in [1.165, 1.54) is 0 Å². The molecule has 2 heteroatoms. The molecule has 0 aliphatic heterocycles. The molecule has 0 aromatic carbocycles. The Morgan fingerprint density at radius 2 is 2.67 bits per heavy atom. The van der Waals surface area contributed by atoms with E-state index in [1.807, 2.05) is 18.3 Å². The third kappa shape index (κ3) is 1.72. The van der Waals surface area contributed by atoms with Crippen LogP contribution in [0.4, 0.5) is 5.69 Å². The summed E-state index contributed by atoms with van der Waals surface area (Å²) in [6.45, 7) is 3.01. The summed E-state index contributed by atoms with van der Waals surface area (Å²) in [7, 11) is 0. The van der Waals surface area contributed by atoms with Crippen LogP contribution in [0.2, 0.25) is 0 Å². The van der Waals surface area contributed by atoms with Crippen molar-refractivity contribution in [2.24, 2.45) is 0 Å². The first-order chi connectivity index (χ1) is 4.43. The van der Waals surface area contributed by atoms with Crippen LogP contribution in [0.15, 0.2) is 24.5 Å². The van der Waals surface area contributed by atoms with Gasteiger partial charge in [-0.05, 0) is 19.1 Å². The number of aromatic nitrogens is 1. The highest BCUT2D eigenvalue weighted by atomic mass is 14.9. The van der Waals surface area contributed by atoms with Gasteiger partial charge in [0, 0.05) is 20.4 Å². The van der Waals surface area contributed by atoms with E-state index in [0.717, 1.165) is 12.2 Å². The average Bonchev–Trinajstić information content (AvgIpc) is 1.91. The Morgan fingerprint density at radius 3 is 3.22 bits per heavy atom. The second-order valence-corrected chi connectivity index (χ2v) is 1.77. The minimum atomic E-state index is 0. The van der Waals surface area contributed by atoms with E-state index >= 15 is 0 Å². The van der Waals surface area contributed by atoms with Crippen LogP contribution in [0.25, 0.3) is 0 Å². The van der Waals surface area contributed by atoms with Gasteiger partial charge in [-0.1, -0.05) is 0 Å². The molecule has 0 aliphatic rings. The van der Waals surface area contributed by atoms with Crippen molar-refractivity contribution in [3.63, 3.8) is 0 Å². The predicted molar refractivity (Wildman–Crippen MR) is 40.5 cm³/mol. The van der Waals surface area contributed by atoms with Crippen LogP contribution in [0, 0.1) is 0 Å². The zero-order valence-corrected chi connectivity index (χ0v) is 5.46. The van der Waals surface area contributed by atoms with Crippen molar-refractivity contribution in [1.29, 1.82) is 0 Å². The molecule has 0 unspecified atom stereocenters. The Bertz CT molecular complexity index is 165. The fraction of sp³-hybridized carbons (Fsp3) is 0.286. The Labute approximate surface area is 56.4 Å². The van der Waals surface area contributed by atoms with Gasteiger partial charge in [0.2, 0.25) is 0 Å². The number of nitrogens with zero attached hydrogens (tertiary/aromatic N) is 1. The molecule has 0 spiro atoms. The van der Waals surface area contributed by atoms with Gasteiger partial charge in [0.05, 0.1) is 5.69 Å². The molecular weight excluding hydrogens is 112 g/mol. The zero-order valence-electron chi connectivity index (χ0n) is 5.46. The molecule has 1 aromatic rings. The predicted octanol–water partition coefficient (Wildman–Crippen LogP) is 1.76. The molecule has 0 fully saturated rings. The second kappa shape index (κ2) is 3.07. The lowest BCUT2D eigenvalue weighted by molar-refractivity contribution is 1.19. The van der Waals surface area contributed by atoms with Crippen LogP contribution in [-0.4, -0.2) is 11.5 Å². The van der Waals surface area contributed by atoms with Gasteiger partial charge >= 0.3 is 0 Å². The van der Waals surface area contributed by atoms with Gasteiger partial charge in [-0.15, -0.1) is 0 Å². The average molecular weight is 124 g/mol. The monoisotopic (exact) mass is 124 g/mol. The van der Waals surface area contributed by atoms with E-state index in [9.17, 15) is 0 Å². The SMILES string of the molecule is CCNc1cccnc1.[HH]. The second-order valence-electron chi connectivity index (χ2n) is 1.77. The maximum atomic E-state index is 3.94. The molecule has 0 amide bonds. The quantitative estimate of drug-likeness (QED) is 0.649. The molecule has 0 saturated heterocycles. The Kier molecular flexibility index (Phi) is 2.07. The van der Waals surface area contributed by atoms with Crippen molar-refractivity contribution in [3.05, 3.63) is 24.5 Å². The Balaban J connectivity index is 0.000000810. The number of hydrogen-bond acceptors (Lipinski definition) is 2. The van der Waals surface area contributed by atoms with Crippen molar-refractivity contribution in [1.82, 2.24) is 4.98 Å².